The van der Waals surface area contributed by atoms with Gasteiger partial charge in [0, 0.05) is 47.8 Å². The molecule has 0 aliphatic carbocycles. The number of aromatic nitrogens is 1. The van der Waals surface area contributed by atoms with Crippen molar-refractivity contribution in [1.82, 2.24) is 9.88 Å². The Bertz CT molecular complexity index is 1020. The van der Waals surface area contributed by atoms with Crippen LogP contribution in [0.15, 0.2) is 59.4 Å². The van der Waals surface area contributed by atoms with E-state index in [0.29, 0.717) is 17.6 Å². The lowest BCUT2D eigenvalue weighted by Gasteiger charge is -2.21. The quantitative estimate of drug-likeness (QED) is 0.564. The smallest absolute Gasteiger partial charge is 0.269 e. The second-order valence-corrected chi connectivity index (χ2v) is 5.83. The Morgan fingerprint density at radius 3 is 2.50 bits per heavy atom. The molecule has 0 aliphatic heterocycles. The first-order valence-corrected chi connectivity index (χ1v) is 8.14. The van der Waals surface area contributed by atoms with Crippen LogP contribution in [0.4, 0.5) is 5.69 Å². The number of H-pyrrole nitrogens is 1. The number of carbonyl (C=O) groups is 1. The van der Waals surface area contributed by atoms with Crippen molar-refractivity contribution in [3.8, 4) is 0 Å². The van der Waals surface area contributed by atoms with Gasteiger partial charge >= 0.3 is 0 Å². The first-order valence-electron chi connectivity index (χ1n) is 8.14. The molecular formula is C19H17N3O4. The lowest BCUT2D eigenvalue weighted by molar-refractivity contribution is -0.384. The molecule has 0 bridgehead atoms. The summed E-state index contributed by atoms with van der Waals surface area (Å²) in [5.74, 6) is -0.244. The zero-order valence-corrected chi connectivity index (χ0v) is 14.1. The molecule has 0 unspecified atom stereocenters. The van der Waals surface area contributed by atoms with E-state index in [4.69, 9.17) is 0 Å². The number of nitrogens with zero attached hydrogens (tertiary/aromatic N) is 2. The summed E-state index contributed by atoms with van der Waals surface area (Å²) in [6.07, 6.45) is 0. The molecule has 7 nitrogen and oxygen atoms in total. The number of carbonyl (C=O) groups excluding carboxylic acids is 1. The predicted octanol–water partition coefficient (Wildman–Crippen LogP) is 3.10. The first-order chi connectivity index (χ1) is 12.5. The second-order valence-electron chi connectivity index (χ2n) is 5.83. The number of fused-ring (bicyclic) bond motifs is 1. The Labute approximate surface area is 149 Å². The highest BCUT2D eigenvalue weighted by Crippen LogP contribution is 2.19. The van der Waals surface area contributed by atoms with Gasteiger partial charge in [-0.25, -0.2) is 0 Å². The van der Waals surface area contributed by atoms with E-state index in [1.807, 2.05) is 31.2 Å². The maximum atomic E-state index is 12.8. The highest BCUT2D eigenvalue weighted by molar-refractivity contribution is 5.94. The van der Waals surface area contributed by atoms with Crippen molar-refractivity contribution < 1.29 is 9.72 Å². The molecule has 0 saturated heterocycles. The van der Waals surface area contributed by atoms with E-state index in [1.54, 1.807) is 4.90 Å². The van der Waals surface area contributed by atoms with Gasteiger partial charge in [-0.2, -0.15) is 0 Å². The summed E-state index contributed by atoms with van der Waals surface area (Å²) in [6.45, 7) is 2.56. The Kier molecular flexibility index (Phi) is 4.79. The van der Waals surface area contributed by atoms with Crippen molar-refractivity contribution in [2.24, 2.45) is 0 Å². The second kappa shape index (κ2) is 7.18. The molecule has 3 rings (SSSR count). The van der Waals surface area contributed by atoms with Crippen LogP contribution >= 0.6 is 0 Å². The molecule has 0 fully saturated rings. The minimum atomic E-state index is -0.506. The summed E-state index contributed by atoms with van der Waals surface area (Å²) in [4.78, 5) is 39.3. The minimum absolute atomic E-state index is 0.0646. The van der Waals surface area contributed by atoms with Crippen molar-refractivity contribution in [3.63, 3.8) is 0 Å². The van der Waals surface area contributed by atoms with Crippen molar-refractivity contribution in [2.75, 3.05) is 6.54 Å². The number of para-hydroxylation sites is 1. The number of rotatable bonds is 5. The van der Waals surface area contributed by atoms with Crippen LogP contribution in [0.1, 0.15) is 22.8 Å². The van der Waals surface area contributed by atoms with E-state index in [2.05, 4.69) is 4.98 Å². The lowest BCUT2D eigenvalue weighted by Crippen LogP contribution is -2.30. The zero-order chi connectivity index (χ0) is 18.7. The molecule has 0 saturated carbocycles. The third-order valence-electron chi connectivity index (χ3n) is 4.19. The SMILES string of the molecule is CCN(Cc1cc(=O)[nH]c2ccccc12)C(=O)c1ccc([N+](=O)[O-])cc1. The Hall–Kier alpha value is -3.48. The van der Waals surface area contributed by atoms with E-state index in [9.17, 15) is 19.7 Å². The van der Waals surface area contributed by atoms with Crippen LogP contribution in [0.25, 0.3) is 10.9 Å². The van der Waals surface area contributed by atoms with Gasteiger partial charge in [0.1, 0.15) is 0 Å². The molecule has 1 aromatic heterocycles. The van der Waals surface area contributed by atoms with Gasteiger partial charge in [0.25, 0.3) is 11.6 Å². The topological polar surface area (TPSA) is 96.3 Å². The summed E-state index contributed by atoms with van der Waals surface area (Å²) in [7, 11) is 0. The molecule has 3 aromatic rings. The highest BCUT2D eigenvalue weighted by atomic mass is 16.6. The summed E-state index contributed by atoms with van der Waals surface area (Å²) in [5.41, 5.74) is 1.55. The zero-order valence-electron chi connectivity index (χ0n) is 14.1. The van der Waals surface area contributed by atoms with Crippen LogP contribution < -0.4 is 5.56 Å². The third kappa shape index (κ3) is 3.46. The summed E-state index contributed by atoms with van der Waals surface area (Å²) in [5, 5.41) is 11.6. The molecule has 0 atom stereocenters. The number of hydrogen-bond acceptors (Lipinski definition) is 4. The standard InChI is InChI=1S/C19H17N3O4/c1-2-21(19(24)13-7-9-15(10-8-13)22(25)26)12-14-11-18(23)20-17-6-4-3-5-16(14)17/h3-11H,2,12H2,1H3,(H,20,23). The van der Waals surface area contributed by atoms with Crippen molar-refractivity contribution in [2.45, 2.75) is 13.5 Å². The first kappa shape index (κ1) is 17.3. The van der Waals surface area contributed by atoms with Crippen LogP contribution in [-0.2, 0) is 6.54 Å². The van der Waals surface area contributed by atoms with Gasteiger partial charge in [0.05, 0.1) is 4.92 Å². The number of nitrogens with one attached hydrogen (secondary N) is 1. The number of hydrogen-bond donors (Lipinski definition) is 1. The van der Waals surface area contributed by atoms with Crippen molar-refractivity contribution in [1.29, 1.82) is 0 Å². The van der Waals surface area contributed by atoms with Gasteiger partial charge in [0.2, 0.25) is 5.56 Å². The monoisotopic (exact) mass is 351 g/mol. The molecule has 0 radical (unpaired) electrons. The number of non-ortho nitro benzene ring substituents is 1. The fraction of sp³-hybridized carbons (Fsp3) is 0.158. The molecule has 132 valence electrons. The number of amides is 1. The average Bonchev–Trinajstić information content (AvgIpc) is 2.65. The molecular weight excluding hydrogens is 334 g/mol. The largest absolute Gasteiger partial charge is 0.335 e. The van der Waals surface area contributed by atoms with E-state index < -0.39 is 4.92 Å². The predicted molar refractivity (Wildman–Crippen MR) is 98.1 cm³/mol. The third-order valence-corrected chi connectivity index (χ3v) is 4.19. The molecule has 0 spiro atoms. The fourth-order valence-electron chi connectivity index (χ4n) is 2.85. The van der Waals surface area contributed by atoms with Gasteiger partial charge < -0.3 is 9.88 Å². The van der Waals surface area contributed by atoms with Gasteiger partial charge in [-0.1, -0.05) is 18.2 Å². The molecule has 1 amide bonds. The van der Waals surface area contributed by atoms with Gasteiger partial charge in [-0.3, -0.25) is 19.7 Å². The van der Waals surface area contributed by atoms with E-state index in [1.165, 1.54) is 30.3 Å². The summed E-state index contributed by atoms with van der Waals surface area (Å²) in [6, 6.07) is 14.4. The molecule has 1 heterocycles. The average molecular weight is 351 g/mol. The molecule has 1 N–H and O–H groups in total. The van der Waals surface area contributed by atoms with Crippen LogP contribution in [0, 0.1) is 10.1 Å². The van der Waals surface area contributed by atoms with Crippen LogP contribution in [-0.4, -0.2) is 27.3 Å². The minimum Gasteiger partial charge on any atom is -0.335 e. The molecule has 26 heavy (non-hydrogen) atoms. The van der Waals surface area contributed by atoms with Gasteiger partial charge in [-0.05, 0) is 30.7 Å². The number of aromatic amines is 1. The van der Waals surface area contributed by atoms with Gasteiger partial charge in [0.15, 0.2) is 0 Å². The highest BCUT2D eigenvalue weighted by Gasteiger charge is 2.17. The number of benzene rings is 2. The number of nitro benzene ring substituents is 1. The maximum absolute atomic E-state index is 12.8. The number of nitro groups is 1. The Balaban J connectivity index is 1.91. The Morgan fingerprint density at radius 1 is 1.15 bits per heavy atom. The summed E-state index contributed by atoms with van der Waals surface area (Å²) < 4.78 is 0. The Morgan fingerprint density at radius 2 is 1.85 bits per heavy atom. The van der Waals surface area contributed by atoms with E-state index in [0.717, 1.165) is 10.9 Å². The van der Waals surface area contributed by atoms with E-state index in [-0.39, 0.29) is 23.7 Å². The fourth-order valence-corrected chi connectivity index (χ4v) is 2.85. The van der Waals surface area contributed by atoms with Crippen LogP contribution in [0.3, 0.4) is 0 Å². The molecule has 7 heteroatoms. The number of pyridine rings is 1. The lowest BCUT2D eigenvalue weighted by atomic mass is 10.1. The molecule has 0 aliphatic rings. The van der Waals surface area contributed by atoms with Crippen LogP contribution in [0.2, 0.25) is 0 Å². The normalized spacial score (nSPS) is 10.7. The van der Waals surface area contributed by atoms with Crippen molar-refractivity contribution in [3.05, 3.63) is 86.2 Å². The van der Waals surface area contributed by atoms with Gasteiger partial charge in [-0.15, -0.1) is 0 Å². The summed E-state index contributed by atoms with van der Waals surface area (Å²) >= 11 is 0. The molecule has 2 aromatic carbocycles. The van der Waals surface area contributed by atoms with Crippen LogP contribution in [0.5, 0.6) is 0 Å². The maximum Gasteiger partial charge on any atom is 0.269 e. The van der Waals surface area contributed by atoms with Crippen molar-refractivity contribution >= 4 is 22.5 Å². The van der Waals surface area contributed by atoms with E-state index >= 15 is 0 Å².